The minimum absolute atomic E-state index is 0.143. The Kier molecular flexibility index (Phi) is 3.14. The second-order valence-corrected chi connectivity index (χ2v) is 3.95. The molecule has 1 aliphatic rings. The molecular weight excluding hydrogens is 177 g/mol. The van der Waals surface area contributed by atoms with Gasteiger partial charge in [0.2, 0.25) is 0 Å². The summed E-state index contributed by atoms with van der Waals surface area (Å²) in [5.74, 6) is 0.424. The fourth-order valence-electron chi connectivity index (χ4n) is 2.04. The molecule has 1 saturated heterocycles. The van der Waals surface area contributed by atoms with Gasteiger partial charge in [-0.1, -0.05) is 18.6 Å². The Morgan fingerprint density at radius 2 is 1.93 bits per heavy atom. The van der Waals surface area contributed by atoms with Crippen LogP contribution in [0.1, 0.15) is 30.7 Å². The summed E-state index contributed by atoms with van der Waals surface area (Å²) in [6, 6.07) is 6.93. The third-order valence-corrected chi connectivity index (χ3v) is 2.89. The number of hydrogen-bond acceptors (Lipinski definition) is 1. The molecule has 0 unspecified atom stereocenters. The first-order valence-electron chi connectivity index (χ1n) is 5.32. The number of halogens is 1. The van der Waals surface area contributed by atoms with Gasteiger partial charge in [0.15, 0.2) is 0 Å². The molecule has 1 aromatic rings. The van der Waals surface area contributed by atoms with Gasteiger partial charge in [0.25, 0.3) is 0 Å². The third-order valence-electron chi connectivity index (χ3n) is 2.89. The summed E-state index contributed by atoms with van der Waals surface area (Å²) >= 11 is 0. The van der Waals surface area contributed by atoms with Crippen LogP contribution in [0.25, 0.3) is 0 Å². The Bertz CT molecular complexity index is 273. The molecule has 1 aromatic carbocycles. The lowest BCUT2D eigenvalue weighted by molar-refractivity contribution is 0.601. The quantitative estimate of drug-likeness (QED) is 0.723. The molecule has 1 atom stereocenters. The van der Waals surface area contributed by atoms with Gasteiger partial charge in [-0.3, -0.25) is 0 Å². The van der Waals surface area contributed by atoms with Crippen LogP contribution >= 0.6 is 0 Å². The van der Waals surface area contributed by atoms with Crippen molar-refractivity contribution >= 4 is 0 Å². The van der Waals surface area contributed by atoms with Crippen molar-refractivity contribution in [1.82, 2.24) is 5.32 Å². The van der Waals surface area contributed by atoms with E-state index in [0.29, 0.717) is 5.92 Å². The lowest BCUT2D eigenvalue weighted by atomic mass is 9.95. The second-order valence-electron chi connectivity index (χ2n) is 3.95. The number of nitrogens with one attached hydrogen (secondary N) is 1. The van der Waals surface area contributed by atoms with E-state index in [1.807, 2.05) is 12.1 Å². The van der Waals surface area contributed by atoms with Gasteiger partial charge < -0.3 is 5.32 Å². The molecule has 0 aliphatic carbocycles. The number of benzene rings is 1. The monoisotopic (exact) mass is 193 g/mol. The molecular formula is C12H16FN. The minimum Gasteiger partial charge on any atom is -0.316 e. The van der Waals surface area contributed by atoms with E-state index in [0.717, 1.165) is 13.1 Å². The van der Waals surface area contributed by atoms with Gasteiger partial charge in [0.1, 0.15) is 5.82 Å². The SMILES string of the molecule is Fc1ccc([C@H]2CCCCNC2)cc1. The van der Waals surface area contributed by atoms with Crippen LogP contribution in [0.2, 0.25) is 0 Å². The van der Waals surface area contributed by atoms with Crippen molar-refractivity contribution in [2.45, 2.75) is 25.2 Å². The predicted molar refractivity (Wildman–Crippen MR) is 55.9 cm³/mol. The largest absolute Gasteiger partial charge is 0.316 e. The molecule has 1 N–H and O–H groups in total. The van der Waals surface area contributed by atoms with E-state index in [9.17, 15) is 4.39 Å². The highest BCUT2D eigenvalue weighted by Crippen LogP contribution is 2.23. The first kappa shape index (κ1) is 9.66. The lowest BCUT2D eigenvalue weighted by Crippen LogP contribution is -2.19. The highest BCUT2D eigenvalue weighted by Gasteiger charge is 2.13. The van der Waals surface area contributed by atoms with E-state index in [1.165, 1.54) is 24.8 Å². The van der Waals surface area contributed by atoms with Gasteiger partial charge in [0, 0.05) is 6.54 Å². The van der Waals surface area contributed by atoms with E-state index in [2.05, 4.69) is 5.32 Å². The molecule has 0 radical (unpaired) electrons. The highest BCUT2D eigenvalue weighted by molar-refractivity contribution is 5.21. The van der Waals surface area contributed by atoms with Crippen molar-refractivity contribution in [3.8, 4) is 0 Å². The average molecular weight is 193 g/mol. The minimum atomic E-state index is -0.143. The zero-order valence-electron chi connectivity index (χ0n) is 8.30. The van der Waals surface area contributed by atoms with Crippen molar-refractivity contribution in [3.63, 3.8) is 0 Å². The highest BCUT2D eigenvalue weighted by atomic mass is 19.1. The smallest absolute Gasteiger partial charge is 0.123 e. The third kappa shape index (κ3) is 2.32. The molecule has 1 fully saturated rings. The molecule has 76 valence electrons. The Morgan fingerprint density at radius 3 is 2.71 bits per heavy atom. The summed E-state index contributed by atoms with van der Waals surface area (Å²) in [5, 5.41) is 3.42. The lowest BCUT2D eigenvalue weighted by Gasteiger charge is -2.14. The Balaban J connectivity index is 2.08. The molecule has 0 bridgehead atoms. The van der Waals surface area contributed by atoms with Crippen LogP contribution in [-0.2, 0) is 0 Å². The Labute approximate surface area is 84.3 Å². The molecule has 1 aliphatic heterocycles. The summed E-state index contributed by atoms with van der Waals surface area (Å²) in [6.07, 6.45) is 3.76. The Morgan fingerprint density at radius 1 is 1.14 bits per heavy atom. The van der Waals surface area contributed by atoms with Crippen LogP contribution < -0.4 is 5.32 Å². The number of rotatable bonds is 1. The van der Waals surface area contributed by atoms with E-state index >= 15 is 0 Å². The maximum Gasteiger partial charge on any atom is 0.123 e. The predicted octanol–water partition coefficient (Wildman–Crippen LogP) is 2.68. The second kappa shape index (κ2) is 4.56. The molecule has 0 spiro atoms. The molecule has 0 amide bonds. The molecule has 1 heterocycles. The Hall–Kier alpha value is -0.890. The average Bonchev–Trinajstić information content (AvgIpc) is 2.47. The molecule has 1 nitrogen and oxygen atoms in total. The van der Waals surface area contributed by atoms with Gasteiger partial charge in [-0.25, -0.2) is 4.39 Å². The fraction of sp³-hybridized carbons (Fsp3) is 0.500. The van der Waals surface area contributed by atoms with Crippen LogP contribution in [0, 0.1) is 5.82 Å². The summed E-state index contributed by atoms with van der Waals surface area (Å²) in [7, 11) is 0. The molecule has 14 heavy (non-hydrogen) atoms. The van der Waals surface area contributed by atoms with Crippen molar-refractivity contribution in [2.75, 3.05) is 13.1 Å². The van der Waals surface area contributed by atoms with E-state index in [4.69, 9.17) is 0 Å². The molecule has 2 rings (SSSR count). The first-order valence-corrected chi connectivity index (χ1v) is 5.32. The van der Waals surface area contributed by atoms with E-state index in [1.54, 1.807) is 12.1 Å². The van der Waals surface area contributed by atoms with Gasteiger partial charge in [0.05, 0.1) is 0 Å². The van der Waals surface area contributed by atoms with Crippen LogP contribution in [0.5, 0.6) is 0 Å². The molecule has 2 heteroatoms. The van der Waals surface area contributed by atoms with Crippen molar-refractivity contribution in [3.05, 3.63) is 35.6 Å². The van der Waals surface area contributed by atoms with Gasteiger partial charge in [-0.05, 0) is 43.0 Å². The normalized spacial score (nSPS) is 23.1. The zero-order chi connectivity index (χ0) is 9.80. The van der Waals surface area contributed by atoms with E-state index < -0.39 is 0 Å². The summed E-state index contributed by atoms with van der Waals surface area (Å²) < 4.78 is 12.7. The fourth-order valence-corrected chi connectivity index (χ4v) is 2.04. The zero-order valence-corrected chi connectivity index (χ0v) is 8.30. The first-order chi connectivity index (χ1) is 6.86. The van der Waals surface area contributed by atoms with Crippen LogP contribution in [0.3, 0.4) is 0 Å². The molecule has 0 aromatic heterocycles. The number of hydrogen-bond donors (Lipinski definition) is 1. The van der Waals surface area contributed by atoms with E-state index in [-0.39, 0.29) is 5.82 Å². The summed E-state index contributed by atoms with van der Waals surface area (Å²) in [5.41, 5.74) is 1.26. The standard InChI is InChI=1S/C12H16FN/c13-12-6-4-10(5-7-12)11-3-1-2-8-14-9-11/h4-7,11,14H,1-3,8-9H2/t11-/m0/s1. The molecule has 0 saturated carbocycles. The van der Waals surface area contributed by atoms with Crippen molar-refractivity contribution < 1.29 is 4.39 Å². The van der Waals surface area contributed by atoms with Crippen LogP contribution in [-0.4, -0.2) is 13.1 Å². The topological polar surface area (TPSA) is 12.0 Å². The van der Waals surface area contributed by atoms with Gasteiger partial charge in [-0.15, -0.1) is 0 Å². The van der Waals surface area contributed by atoms with Crippen molar-refractivity contribution in [2.24, 2.45) is 0 Å². The van der Waals surface area contributed by atoms with Gasteiger partial charge >= 0.3 is 0 Å². The summed E-state index contributed by atoms with van der Waals surface area (Å²) in [4.78, 5) is 0. The summed E-state index contributed by atoms with van der Waals surface area (Å²) in [6.45, 7) is 2.16. The maximum atomic E-state index is 12.7. The van der Waals surface area contributed by atoms with Crippen LogP contribution in [0.4, 0.5) is 4.39 Å². The maximum absolute atomic E-state index is 12.7. The van der Waals surface area contributed by atoms with Crippen LogP contribution in [0.15, 0.2) is 24.3 Å². The van der Waals surface area contributed by atoms with Crippen molar-refractivity contribution in [1.29, 1.82) is 0 Å². The van der Waals surface area contributed by atoms with Gasteiger partial charge in [-0.2, -0.15) is 0 Å².